The lowest BCUT2D eigenvalue weighted by molar-refractivity contribution is -0.141. The molecule has 0 saturated carbocycles. The van der Waals surface area contributed by atoms with E-state index >= 15 is 0 Å². The van der Waals surface area contributed by atoms with Gasteiger partial charge in [0.15, 0.2) is 5.13 Å². The highest BCUT2D eigenvalue weighted by Crippen LogP contribution is 2.35. The molecule has 32 heavy (non-hydrogen) atoms. The summed E-state index contributed by atoms with van der Waals surface area (Å²) in [4.78, 5) is 18.9. The SMILES string of the molecule is CSc1cccc(CC(CNc2nc(-c3ccc(Cl)c(Cl)c3)c(CC(C)C)s2)C(=O)O)c1. The van der Waals surface area contributed by atoms with Crippen LogP contribution in [0, 0.1) is 11.8 Å². The molecular weight excluding hydrogens is 483 g/mol. The van der Waals surface area contributed by atoms with Gasteiger partial charge in [0, 0.05) is 21.9 Å². The van der Waals surface area contributed by atoms with Crippen molar-refractivity contribution >= 4 is 57.4 Å². The number of carboxylic acid groups (broad SMARTS) is 1. The Balaban J connectivity index is 1.79. The van der Waals surface area contributed by atoms with E-state index in [-0.39, 0.29) is 0 Å². The molecule has 8 heteroatoms. The van der Waals surface area contributed by atoms with Crippen molar-refractivity contribution in [3.63, 3.8) is 0 Å². The lowest BCUT2D eigenvalue weighted by Crippen LogP contribution is -2.25. The number of rotatable bonds is 10. The Bertz CT molecular complexity index is 1090. The van der Waals surface area contributed by atoms with Crippen LogP contribution in [0.1, 0.15) is 24.3 Å². The third-order valence-electron chi connectivity index (χ3n) is 4.95. The molecule has 0 radical (unpaired) electrons. The molecule has 0 aliphatic carbocycles. The molecule has 1 aromatic heterocycles. The molecule has 3 aromatic rings. The summed E-state index contributed by atoms with van der Waals surface area (Å²) in [5.74, 6) is -0.922. The number of carboxylic acids is 1. The molecule has 0 fully saturated rings. The molecule has 0 saturated heterocycles. The van der Waals surface area contributed by atoms with Gasteiger partial charge in [-0.15, -0.1) is 23.1 Å². The summed E-state index contributed by atoms with van der Waals surface area (Å²) >= 11 is 15.5. The Morgan fingerprint density at radius 1 is 1.16 bits per heavy atom. The molecule has 4 nitrogen and oxygen atoms in total. The Morgan fingerprint density at radius 3 is 2.59 bits per heavy atom. The number of anilines is 1. The molecule has 1 heterocycles. The van der Waals surface area contributed by atoms with E-state index in [1.807, 2.05) is 42.7 Å². The second kappa shape index (κ2) is 11.4. The monoisotopic (exact) mass is 508 g/mol. The fourth-order valence-electron chi connectivity index (χ4n) is 3.35. The Labute approximate surface area is 207 Å². The van der Waals surface area contributed by atoms with Gasteiger partial charge in [0.05, 0.1) is 21.7 Å². The third kappa shape index (κ3) is 6.64. The van der Waals surface area contributed by atoms with Crippen LogP contribution in [0.15, 0.2) is 47.4 Å². The minimum Gasteiger partial charge on any atom is -0.481 e. The first-order valence-electron chi connectivity index (χ1n) is 10.3. The Hall–Kier alpha value is -1.73. The van der Waals surface area contributed by atoms with Crippen molar-refractivity contribution in [1.82, 2.24) is 4.98 Å². The predicted molar refractivity (Wildman–Crippen MR) is 138 cm³/mol. The van der Waals surface area contributed by atoms with E-state index in [9.17, 15) is 9.90 Å². The van der Waals surface area contributed by atoms with Crippen molar-refractivity contribution in [1.29, 1.82) is 0 Å². The summed E-state index contributed by atoms with van der Waals surface area (Å²) in [5.41, 5.74) is 2.79. The number of hydrogen-bond acceptors (Lipinski definition) is 5. The summed E-state index contributed by atoms with van der Waals surface area (Å²) < 4.78 is 0. The molecule has 0 spiro atoms. The average molecular weight is 510 g/mol. The minimum absolute atomic E-state index is 0.300. The van der Waals surface area contributed by atoms with E-state index in [4.69, 9.17) is 28.2 Å². The first kappa shape index (κ1) is 24.9. The lowest BCUT2D eigenvalue weighted by atomic mass is 9.99. The number of nitrogens with one attached hydrogen (secondary N) is 1. The van der Waals surface area contributed by atoms with Crippen LogP contribution in [-0.4, -0.2) is 28.9 Å². The zero-order valence-electron chi connectivity index (χ0n) is 18.2. The summed E-state index contributed by atoms with van der Waals surface area (Å²) in [7, 11) is 0. The van der Waals surface area contributed by atoms with Gasteiger partial charge >= 0.3 is 5.97 Å². The van der Waals surface area contributed by atoms with E-state index in [2.05, 4.69) is 19.2 Å². The standard InChI is InChI=1S/C24H26Cl2N2O2S2/c1-14(2)9-21-22(16-7-8-19(25)20(26)12-16)28-24(32-21)27-13-17(23(29)30)10-15-5-4-6-18(11-15)31-3/h4-8,11-12,14,17H,9-10,13H2,1-3H3,(H,27,28)(H,29,30). The molecule has 1 atom stereocenters. The molecule has 1 unspecified atom stereocenters. The molecule has 0 aliphatic heterocycles. The highest BCUT2D eigenvalue weighted by Gasteiger charge is 2.20. The van der Waals surface area contributed by atoms with E-state index < -0.39 is 11.9 Å². The smallest absolute Gasteiger partial charge is 0.308 e. The Kier molecular flexibility index (Phi) is 8.88. The Morgan fingerprint density at radius 2 is 1.94 bits per heavy atom. The molecule has 2 N–H and O–H groups in total. The highest BCUT2D eigenvalue weighted by molar-refractivity contribution is 7.98. The van der Waals surface area contributed by atoms with Crippen LogP contribution in [0.4, 0.5) is 5.13 Å². The van der Waals surface area contributed by atoms with Crippen molar-refractivity contribution in [2.75, 3.05) is 18.1 Å². The van der Waals surface area contributed by atoms with Gasteiger partial charge < -0.3 is 10.4 Å². The quantitative estimate of drug-likeness (QED) is 0.279. The van der Waals surface area contributed by atoms with Gasteiger partial charge in [-0.3, -0.25) is 4.79 Å². The lowest BCUT2D eigenvalue weighted by Gasteiger charge is -2.13. The van der Waals surface area contributed by atoms with E-state index in [0.29, 0.717) is 34.1 Å². The molecule has 0 aliphatic rings. The maximum Gasteiger partial charge on any atom is 0.308 e. The third-order valence-corrected chi connectivity index (χ3v) is 7.45. The second-order valence-electron chi connectivity index (χ2n) is 7.99. The van der Waals surface area contributed by atoms with Crippen LogP contribution < -0.4 is 5.32 Å². The number of aromatic nitrogens is 1. The fraction of sp³-hybridized carbons (Fsp3) is 0.333. The number of nitrogens with zero attached hydrogens (tertiary/aromatic N) is 1. The zero-order valence-corrected chi connectivity index (χ0v) is 21.3. The van der Waals surface area contributed by atoms with Crippen LogP contribution in [0.3, 0.4) is 0 Å². The van der Waals surface area contributed by atoms with Gasteiger partial charge in [-0.2, -0.15) is 0 Å². The molecule has 0 amide bonds. The molecule has 3 rings (SSSR count). The number of benzene rings is 2. The summed E-state index contributed by atoms with van der Waals surface area (Å²) in [6.07, 6.45) is 3.34. The maximum absolute atomic E-state index is 11.9. The highest BCUT2D eigenvalue weighted by atomic mass is 35.5. The summed E-state index contributed by atoms with van der Waals surface area (Å²) in [6.45, 7) is 4.62. The first-order valence-corrected chi connectivity index (χ1v) is 13.1. The normalized spacial score (nSPS) is 12.2. The van der Waals surface area contributed by atoms with E-state index in [0.717, 1.165) is 33.0 Å². The van der Waals surface area contributed by atoms with Gasteiger partial charge in [0.2, 0.25) is 0 Å². The van der Waals surface area contributed by atoms with Crippen LogP contribution in [0.5, 0.6) is 0 Å². The number of carbonyl (C=O) groups is 1. The van der Waals surface area contributed by atoms with E-state index in [1.54, 1.807) is 29.2 Å². The van der Waals surface area contributed by atoms with Crippen LogP contribution in [-0.2, 0) is 17.6 Å². The maximum atomic E-state index is 11.9. The molecule has 0 bridgehead atoms. The molecule has 2 aromatic carbocycles. The molecule has 170 valence electrons. The minimum atomic E-state index is -0.823. The number of thiazole rings is 1. The average Bonchev–Trinajstić information content (AvgIpc) is 3.14. The number of hydrogen-bond donors (Lipinski definition) is 2. The van der Waals surface area contributed by atoms with Gasteiger partial charge in [-0.25, -0.2) is 4.98 Å². The molecular formula is C24H26Cl2N2O2S2. The summed E-state index contributed by atoms with van der Waals surface area (Å²) in [5, 5.41) is 14.7. The van der Waals surface area contributed by atoms with Gasteiger partial charge in [-0.05, 0) is 54.8 Å². The van der Waals surface area contributed by atoms with Crippen molar-refractivity contribution in [2.45, 2.75) is 31.6 Å². The number of aliphatic carboxylic acids is 1. The predicted octanol–water partition coefficient (Wildman–Crippen LogP) is 7.39. The summed E-state index contributed by atoms with van der Waals surface area (Å²) in [6, 6.07) is 13.5. The van der Waals surface area contributed by atoms with Crippen molar-refractivity contribution in [2.24, 2.45) is 11.8 Å². The van der Waals surface area contributed by atoms with Crippen molar-refractivity contribution in [3.05, 3.63) is 63.0 Å². The van der Waals surface area contributed by atoms with E-state index in [1.165, 1.54) is 0 Å². The van der Waals surface area contributed by atoms with Gasteiger partial charge in [0.25, 0.3) is 0 Å². The van der Waals surface area contributed by atoms with Crippen LogP contribution in [0.2, 0.25) is 10.0 Å². The van der Waals surface area contributed by atoms with Gasteiger partial charge in [0.1, 0.15) is 0 Å². The fourth-order valence-corrected chi connectivity index (χ4v) is 5.33. The van der Waals surface area contributed by atoms with Crippen LogP contribution >= 0.6 is 46.3 Å². The number of halogens is 2. The number of thioether (sulfide) groups is 1. The topological polar surface area (TPSA) is 62.2 Å². The van der Waals surface area contributed by atoms with Gasteiger partial charge in [-0.1, -0.05) is 55.2 Å². The van der Waals surface area contributed by atoms with Crippen molar-refractivity contribution < 1.29 is 9.90 Å². The zero-order chi connectivity index (χ0) is 23.3. The van der Waals surface area contributed by atoms with Crippen LogP contribution in [0.25, 0.3) is 11.3 Å². The first-order chi connectivity index (χ1) is 15.3. The second-order valence-corrected chi connectivity index (χ2v) is 10.8. The van der Waals surface area contributed by atoms with Crippen molar-refractivity contribution in [3.8, 4) is 11.3 Å². The largest absolute Gasteiger partial charge is 0.481 e.